The van der Waals surface area contributed by atoms with E-state index in [2.05, 4.69) is 10.3 Å². The molecule has 0 saturated carbocycles. The average Bonchev–Trinajstić information content (AvgIpc) is 2.74. The zero-order chi connectivity index (χ0) is 10.5. The van der Waals surface area contributed by atoms with E-state index >= 15 is 0 Å². The summed E-state index contributed by atoms with van der Waals surface area (Å²) < 4.78 is 13.2. The van der Waals surface area contributed by atoms with Gasteiger partial charge in [0.15, 0.2) is 0 Å². The Morgan fingerprint density at radius 1 is 1.27 bits per heavy atom. The predicted octanol–water partition coefficient (Wildman–Crippen LogP) is 2.57. The quantitative estimate of drug-likeness (QED) is 0.860. The molecule has 78 valence electrons. The summed E-state index contributed by atoms with van der Waals surface area (Å²) in [6, 6.07) is 6.78. The summed E-state index contributed by atoms with van der Waals surface area (Å²) in [6.45, 7) is 1.21. The first-order chi connectivity index (χ1) is 7.36. The van der Waals surface area contributed by atoms with Crippen LogP contribution < -0.4 is 5.32 Å². The fourth-order valence-electron chi connectivity index (χ4n) is 1.29. The molecule has 4 heteroatoms. The van der Waals surface area contributed by atoms with E-state index in [1.54, 1.807) is 29.0 Å². The number of rotatable bonds is 4. The summed E-state index contributed by atoms with van der Waals surface area (Å²) in [5.74, 6) is -0.164. The highest BCUT2D eigenvalue weighted by Gasteiger charge is 2.00. The molecule has 0 amide bonds. The summed E-state index contributed by atoms with van der Waals surface area (Å²) in [7, 11) is 0. The van der Waals surface area contributed by atoms with Gasteiger partial charge in [-0.1, -0.05) is 18.2 Å². The highest BCUT2D eigenvalue weighted by Crippen LogP contribution is 2.06. The van der Waals surface area contributed by atoms with Crippen molar-refractivity contribution in [2.75, 3.05) is 0 Å². The van der Waals surface area contributed by atoms with Gasteiger partial charge in [-0.25, -0.2) is 9.37 Å². The predicted molar refractivity (Wildman–Crippen MR) is 59.1 cm³/mol. The van der Waals surface area contributed by atoms with Crippen LogP contribution in [0.25, 0.3) is 0 Å². The molecular formula is C11H11FN2S. The van der Waals surface area contributed by atoms with Crippen LogP contribution in [0.1, 0.15) is 11.3 Å². The average molecular weight is 222 g/mol. The van der Waals surface area contributed by atoms with Gasteiger partial charge in [0.25, 0.3) is 0 Å². The molecule has 0 aliphatic carbocycles. The monoisotopic (exact) mass is 222 g/mol. The molecule has 2 aromatic rings. The van der Waals surface area contributed by atoms with Crippen LogP contribution in [0.5, 0.6) is 0 Å². The van der Waals surface area contributed by atoms with Gasteiger partial charge in [-0.3, -0.25) is 0 Å². The Bertz CT molecular complexity index is 414. The van der Waals surface area contributed by atoms with Crippen molar-refractivity contribution in [1.29, 1.82) is 0 Å². The first-order valence-corrected chi connectivity index (χ1v) is 5.62. The topological polar surface area (TPSA) is 24.9 Å². The van der Waals surface area contributed by atoms with Crippen LogP contribution >= 0.6 is 11.3 Å². The van der Waals surface area contributed by atoms with E-state index in [-0.39, 0.29) is 5.82 Å². The van der Waals surface area contributed by atoms with Gasteiger partial charge >= 0.3 is 0 Å². The summed E-state index contributed by atoms with van der Waals surface area (Å²) in [6.07, 6.45) is 0. The lowest BCUT2D eigenvalue weighted by Gasteiger charge is -2.03. The third-order valence-corrected chi connectivity index (χ3v) is 2.70. The Morgan fingerprint density at radius 3 is 2.87 bits per heavy atom. The molecule has 0 aliphatic rings. The van der Waals surface area contributed by atoms with Gasteiger partial charge in [0.2, 0.25) is 0 Å². The number of nitrogens with one attached hydrogen (secondary N) is 1. The third kappa shape index (κ3) is 2.84. The lowest BCUT2D eigenvalue weighted by molar-refractivity contribution is 0.586. The second-order valence-electron chi connectivity index (χ2n) is 3.17. The molecule has 0 bridgehead atoms. The third-order valence-electron chi connectivity index (χ3n) is 2.06. The van der Waals surface area contributed by atoms with Gasteiger partial charge in [-0.2, -0.15) is 0 Å². The molecule has 0 saturated heterocycles. The van der Waals surface area contributed by atoms with E-state index in [0.29, 0.717) is 18.7 Å². The van der Waals surface area contributed by atoms with Gasteiger partial charge < -0.3 is 5.32 Å². The van der Waals surface area contributed by atoms with Crippen LogP contribution in [0.2, 0.25) is 0 Å². The van der Waals surface area contributed by atoms with E-state index < -0.39 is 0 Å². The number of thiazole rings is 1. The second kappa shape index (κ2) is 5.00. The molecule has 0 aliphatic heterocycles. The zero-order valence-corrected chi connectivity index (χ0v) is 8.93. The van der Waals surface area contributed by atoms with Crippen LogP contribution in [0.3, 0.4) is 0 Å². The molecule has 0 atom stereocenters. The van der Waals surface area contributed by atoms with E-state index in [9.17, 15) is 4.39 Å². The largest absolute Gasteiger partial charge is 0.307 e. The summed E-state index contributed by atoms with van der Waals surface area (Å²) in [5, 5.41) is 5.13. The van der Waals surface area contributed by atoms with Crippen molar-refractivity contribution in [2.24, 2.45) is 0 Å². The van der Waals surface area contributed by atoms with Crippen molar-refractivity contribution < 1.29 is 4.39 Å². The van der Waals surface area contributed by atoms with Crippen molar-refractivity contribution in [3.05, 3.63) is 52.2 Å². The standard InChI is InChI=1S/C11H11FN2S/c12-11-4-2-1-3-9(11)5-13-6-10-7-15-8-14-10/h1-4,7-8,13H,5-6H2. The minimum Gasteiger partial charge on any atom is -0.307 e. The molecule has 2 nitrogen and oxygen atoms in total. The summed E-state index contributed by atoms with van der Waals surface area (Å²) >= 11 is 1.56. The van der Waals surface area contributed by atoms with Gasteiger partial charge in [0.05, 0.1) is 11.2 Å². The zero-order valence-electron chi connectivity index (χ0n) is 8.11. The Kier molecular flexibility index (Phi) is 3.42. The fourth-order valence-corrected chi connectivity index (χ4v) is 1.85. The van der Waals surface area contributed by atoms with E-state index in [0.717, 1.165) is 5.69 Å². The summed E-state index contributed by atoms with van der Waals surface area (Å²) in [4.78, 5) is 4.13. The van der Waals surface area contributed by atoms with Crippen molar-refractivity contribution in [1.82, 2.24) is 10.3 Å². The first-order valence-electron chi connectivity index (χ1n) is 4.67. The second-order valence-corrected chi connectivity index (χ2v) is 3.89. The van der Waals surface area contributed by atoms with Crippen molar-refractivity contribution in [3.8, 4) is 0 Å². The number of benzene rings is 1. The van der Waals surface area contributed by atoms with Gasteiger partial charge in [-0.15, -0.1) is 11.3 Å². The maximum Gasteiger partial charge on any atom is 0.127 e. The minimum atomic E-state index is -0.164. The lowest BCUT2D eigenvalue weighted by Crippen LogP contribution is -2.13. The first kappa shape index (κ1) is 10.3. The maximum atomic E-state index is 13.2. The molecular weight excluding hydrogens is 211 g/mol. The number of aromatic nitrogens is 1. The molecule has 0 fully saturated rings. The molecule has 1 N–H and O–H groups in total. The van der Waals surface area contributed by atoms with Crippen LogP contribution in [0.4, 0.5) is 4.39 Å². The highest BCUT2D eigenvalue weighted by atomic mass is 32.1. The van der Waals surface area contributed by atoms with Gasteiger partial charge in [0.1, 0.15) is 5.82 Å². The molecule has 2 rings (SSSR count). The highest BCUT2D eigenvalue weighted by molar-refractivity contribution is 7.07. The van der Waals surface area contributed by atoms with Crippen molar-refractivity contribution >= 4 is 11.3 Å². The van der Waals surface area contributed by atoms with Crippen molar-refractivity contribution in [2.45, 2.75) is 13.1 Å². The van der Waals surface area contributed by atoms with Crippen LogP contribution in [-0.2, 0) is 13.1 Å². The Balaban J connectivity index is 1.86. The normalized spacial score (nSPS) is 10.5. The maximum absolute atomic E-state index is 13.2. The Hall–Kier alpha value is -1.26. The molecule has 1 aromatic carbocycles. The smallest absolute Gasteiger partial charge is 0.127 e. The lowest BCUT2D eigenvalue weighted by atomic mass is 10.2. The van der Waals surface area contributed by atoms with Crippen LogP contribution in [0, 0.1) is 5.82 Å². The number of hydrogen-bond acceptors (Lipinski definition) is 3. The van der Waals surface area contributed by atoms with Crippen LogP contribution in [-0.4, -0.2) is 4.98 Å². The molecule has 1 heterocycles. The minimum absolute atomic E-state index is 0.164. The molecule has 15 heavy (non-hydrogen) atoms. The molecule has 0 radical (unpaired) electrons. The van der Waals surface area contributed by atoms with Gasteiger partial charge in [0, 0.05) is 24.0 Å². The van der Waals surface area contributed by atoms with Gasteiger partial charge in [-0.05, 0) is 6.07 Å². The number of hydrogen-bond donors (Lipinski definition) is 1. The van der Waals surface area contributed by atoms with Crippen molar-refractivity contribution in [3.63, 3.8) is 0 Å². The fraction of sp³-hybridized carbons (Fsp3) is 0.182. The summed E-state index contributed by atoms with van der Waals surface area (Å²) in [5.41, 5.74) is 3.48. The number of halogens is 1. The molecule has 0 spiro atoms. The Labute approximate surface area is 91.8 Å². The number of nitrogens with zero attached hydrogens (tertiary/aromatic N) is 1. The van der Waals surface area contributed by atoms with E-state index in [1.807, 2.05) is 11.4 Å². The SMILES string of the molecule is Fc1ccccc1CNCc1cscn1. The van der Waals surface area contributed by atoms with E-state index in [1.165, 1.54) is 6.07 Å². The Morgan fingerprint density at radius 2 is 2.13 bits per heavy atom. The van der Waals surface area contributed by atoms with E-state index in [4.69, 9.17) is 0 Å². The molecule has 1 aromatic heterocycles. The molecule has 0 unspecified atom stereocenters. The van der Waals surface area contributed by atoms with Crippen LogP contribution in [0.15, 0.2) is 35.2 Å².